The van der Waals surface area contributed by atoms with Gasteiger partial charge in [-0.3, -0.25) is 24.1 Å². The largest absolute Gasteiger partial charge is 0.495 e. The molecule has 8 nitrogen and oxygen atoms in total. The number of rotatable bonds is 7. The van der Waals surface area contributed by atoms with Crippen LogP contribution < -0.4 is 9.64 Å². The maximum absolute atomic E-state index is 11.5. The minimum absolute atomic E-state index is 0.109. The average Bonchev–Trinajstić information content (AvgIpc) is 2.72. The number of nitro benzene ring substituents is 1. The third kappa shape index (κ3) is 5.68. The number of methoxy groups -OCH3 is 1. The van der Waals surface area contributed by atoms with Gasteiger partial charge in [-0.05, 0) is 28.8 Å². The van der Waals surface area contributed by atoms with Crippen LogP contribution in [0.4, 0.5) is 11.4 Å². The van der Waals surface area contributed by atoms with Crippen LogP contribution in [0.15, 0.2) is 16.6 Å². The van der Waals surface area contributed by atoms with Gasteiger partial charge in [0.05, 0.1) is 16.5 Å². The molecule has 0 N–H and O–H groups in total. The molecule has 2 aliphatic rings. The van der Waals surface area contributed by atoms with E-state index in [1.807, 2.05) is 0 Å². The van der Waals surface area contributed by atoms with E-state index in [0.29, 0.717) is 22.0 Å². The predicted octanol–water partition coefficient (Wildman–Crippen LogP) is 2.33. The SMILES string of the molecule is COc1cc(N2CCC(N3CCN(CCS(C)=O)CC3)CC2)c([N+](=O)[O-])cc1Br. The zero-order chi connectivity index (χ0) is 21.0. The van der Waals surface area contributed by atoms with Crippen LogP contribution in [0.25, 0.3) is 0 Å². The summed E-state index contributed by atoms with van der Waals surface area (Å²) in [6, 6.07) is 3.81. The lowest BCUT2D eigenvalue weighted by atomic mass is 10.0. The molecular weight excluding hydrogens is 460 g/mol. The molecule has 2 heterocycles. The van der Waals surface area contributed by atoms with Gasteiger partial charge in [-0.15, -0.1) is 0 Å². The summed E-state index contributed by atoms with van der Waals surface area (Å²) in [6.45, 7) is 6.61. The first-order chi connectivity index (χ1) is 13.9. The van der Waals surface area contributed by atoms with E-state index in [-0.39, 0.29) is 10.6 Å². The minimum Gasteiger partial charge on any atom is -0.495 e. The topological polar surface area (TPSA) is 79.2 Å². The van der Waals surface area contributed by atoms with Gasteiger partial charge >= 0.3 is 0 Å². The molecule has 162 valence electrons. The van der Waals surface area contributed by atoms with Crippen LogP contribution >= 0.6 is 15.9 Å². The molecule has 1 aromatic rings. The van der Waals surface area contributed by atoms with Crippen LogP contribution in [0.3, 0.4) is 0 Å². The first-order valence-electron chi connectivity index (χ1n) is 9.92. The Labute approximate surface area is 182 Å². The highest BCUT2D eigenvalue weighted by molar-refractivity contribution is 9.10. The second-order valence-corrected chi connectivity index (χ2v) is 10.0. The van der Waals surface area contributed by atoms with Crippen LogP contribution in [-0.2, 0) is 10.8 Å². The Morgan fingerprint density at radius 2 is 1.86 bits per heavy atom. The zero-order valence-corrected chi connectivity index (χ0v) is 19.4. The summed E-state index contributed by atoms with van der Waals surface area (Å²) in [5.41, 5.74) is 0.740. The Balaban J connectivity index is 1.57. The van der Waals surface area contributed by atoms with E-state index in [2.05, 4.69) is 30.6 Å². The fraction of sp³-hybridized carbons (Fsp3) is 0.684. The summed E-state index contributed by atoms with van der Waals surface area (Å²) in [4.78, 5) is 18.3. The number of hydrogen-bond acceptors (Lipinski definition) is 7. The van der Waals surface area contributed by atoms with E-state index in [1.165, 1.54) is 6.07 Å². The number of piperidine rings is 1. The fourth-order valence-electron chi connectivity index (χ4n) is 4.17. The quantitative estimate of drug-likeness (QED) is 0.430. The molecule has 3 rings (SSSR count). The summed E-state index contributed by atoms with van der Waals surface area (Å²) in [6.07, 6.45) is 3.75. The summed E-state index contributed by atoms with van der Waals surface area (Å²) in [5.74, 6) is 1.35. The van der Waals surface area contributed by atoms with Gasteiger partial charge in [-0.1, -0.05) is 0 Å². The van der Waals surface area contributed by atoms with E-state index in [1.54, 1.807) is 19.4 Å². The summed E-state index contributed by atoms with van der Waals surface area (Å²) >= 11 is 3.34. The average molecular weight is 489 g/mol. The monoisotopic (exact) mass is 488 g/mol. The van der Waals surface area contributed by atoms with E-state index >= 15 is 0 Å². The van der Waals surface area contributed by atoms with Crippen LogP contribution in [-0.4, -0.2) is 89.9 Å². The van der Waals surface area contributed by atoms with Gasteiger partial charge in [0, 0.05) is 86.8 Å². The van der Waals surface area contributed by atoms with Crippen LogP contribution in [0, 0.1) is 10.1 Å². The highest BCUT2D eigenvalue weighted by atomic mass is 79.9. The number of benzene rings is 1. The van der Waals surface area contributed by atoms with Crippen LogP contribution in [0.1, 0.15) is 12.8 Å². The molecule has 0 amide bonds. The van der Waals surface area contributed by atoms with Gasteiger partial charge in [-0.2, -0.15) is 0 Å². The van der Waals surface area contributed by atoms with Crippen LogP contribution in [0.5, 0.6) is 5.75 Å². The number of nitrogens with zero attached hydrogens (tertiary/aromatic N) is 4. The third-order valence-corrected chi connectivity index (χ3v) is 7.25. The molecule has 0 saturated carbocycles. The van der Waals surface area contributed by atoms with E-state index < -0.39 is 10.8 Å². The van der Waals surface area contributed by atoms with Crippen molar-refractivity contribution >= 4 is 38.1 Å². The normalized spacial score (nSPS) is 20.6. The Morgan fingerprint density at radius 3 is 2.41 bits per heavy atom. The van der Waals surface area contributed by atoms with Crippen molar-refractivity contribution in [3.05, 3.63) is 26.7 Å². The van der Waals surface area contributed by atoms with Gasteiger partial charge < -0.3 is 9.64 Å². The molecular formula is C19H29BrN4O4S. The van der Waals surface area contributed by atoms with Crippen molar-refractivity contribution in [1.29, 1.82) is 0 Å². The molecule has 2 fully saturated rings. The second kappa shape index (κ2) is 10.2. The van der Waals surface area contributed by atoms with Gasteiger partial charge in [0.25, 0.3) is 5.69 Å². The zero-order valence-electron chi connectivity index (χ0n) is 17.0. The molecule has 29 heavy (non-hydrogen) atoms. The molecule has 0 aromatic heterocycles. The molecule has 2 aliphatic heterocycles. The highest BCUT2D eigenvalue weighted by Crippen LogP contribution is 2.39. The first kappa shape index (κ1) is 22.5. The Morgan fingerprint density at radius 1 is 1.21 bits per heavy atom. The lowest BCUT2D eigenvalue weighted by Crippen LogP contribution is -2.53. The second-order valence-electron chi connectivity index (χ2n) is 7.61. The van der Waals surface area contributed by atoms with E-state index in [4.69, 9.17) is 4.74 Å². The van der Waals surface area contributed by atoms with Crippen molar-refractivity contribution in [2.45, 2.75) is 18.9 Å². The molecule has 0 aliphatic carbocycles. The Hall–Kier alpha value is -1.23. The maximum Gasteiger partial charge on any atom is 0.293 e. The Kier molecular flexibility index (Phi) is 7.89. The molecule has 1 atom stereocenters. The molecule has 1 aromatic carbocycles. The first-order valence-corrected chi connectivity index (χ1v) is 12.4. The fourth-order valence-corrected chi connectivity index (χ4v) is 5.18. The molecule has 10 heteroatoms. The summed E-state index contributed by atoms with van der Waals surface area (Å²) in [5, 5.41) is 11.5. The molecule has 0 radical (unpaired) electrons. The Bertz CT molecular complexity index is 750. The maximum atomic E-state index is 11.5. The van der Waals surface area contributed by atoms with E-state index in [9.17, 15) is 14.3 Å². The molecule has 1 unspecified atom stereocenters. The lowest BCUT2D eigenvalue weighted by Gasteiger charge is -2.43. The smallest absolute Gasteiger partial charge is 0.293 e. The van der Waals surface area contributed by atoms with Crippen molar-refractivity contribution in [3.63, 3.8) is 0 Å². The molecule has 0 bridgehead atoms. The number of halogens is 1. The minimum atomic E-state index is -0.733. The number of nitro groups is 1. The number of ether oxygens (including phenoxy) is 1. The summed E-state index contributed by atoms with van der Waals surface area (Å²) in [7, 11) is 0.837. The van der Waals surface area contributed by atoms with Gasteiger partial charge in [0.2, 0.25) is 0 Å². The predicted molar refractivity (Wildman–Crippen MR) is 120 cm³/mol. The highest BCUT2D eigenvalue weighted by Gasteiger charge is 2.30. The van der Waals surface area contributed by atoms with Crippen molar-refractivity contribution in [1.82, 2.24) is 9.80 Å². The van der Waals surface area contributed by atoms with Crippen molar-refractivity contribution in [2.24, 2.45) is 0 Å². The number of hydrogen-bond donors (Lipinski definition) is 0. The van der Waals surface area contributed by atoms with Gasteiger partial charge in [0.15, 0.2) is 0 Å². The van der Waals surface area contributed by atoms with Crippen LogP contribution in [0.2, 0.25) is 0 Å². The van der Waals surface area contributed by atoms with E-state index in [0.717, 1.165) is 64.4 Å². The molecule has 0 spiro atoms. The number of piperazine rings is 1. The summed E-state index contributed by atoms with van der Waals surface area (Å²) < 4.78 is 17.2. The van der Waals surface area contributed by atoms with Crippen molar-refractivity contribution in [2.75, 3.05) is 69.8 Å². The molecule has 2 saturated heterocycles. The van der Waals surface area contributed by atoms with Gasteiger partial charge in [-0.25, -0.2) is 0 Å². The third-order valence-electron chi connectivity index (χ3n) is 5.87. The van der Waals surface area contributed by atoms with Gasteiger partial charge in [0.1, 0.15) is 11.4 Å². The lowest BCUT2D eigenvalue weighted by molar-refractivity contribution is -0.384. The van der Waals surface area contributed by atoms with Crippen molar-refractivity contribution in [3.8, 4) is 5.75 Å². The standard InChI is InChI=1S/C19H29BrN4O4S/c1-28-19-14-17(18(24(25)26)13-16(19)20)23-5-3-15(4-6-23)22-9-7-21(8-10-22)11-12-29(2)27/h13-15H,3-12H2,1-2H3. The van der Waals surface area contributed by atoms with Crippen molar-refractivity contribution < 1.29 is 13.9 Å². The number of anilines is 1.